The SMILES string of the molecule is COc1ccc(-c2csc(NC(=O)c3cccc(NS(=O)(=O)c4ccc(F)cc4)c3)n2)cc1. The number of rotatable bonds is 7. The van der Waals surface area contributed by atoms with Gasteiger partial charge in [0.2, 0.25) is 0 Å². The molecule has 0 atom stereocenters. The van der Waals surface area contributed by atoms with E-state index < -0.39 is 21.7 Å². The summed E-state index contributed by atoms with van der Waals surface area (Å²) in [7, 11) is -2.34. The van der Waals surface area contributed by atoms with Crippen LogP contribution in [0.15, 0.2) is 83.1 Å². The number of carbonyl (C=O) groups is 1. The van der Waals surface area contributed by atoms with Gasteiger partial charge in [0.1, 0.15) is 11.6 Å². The van der Waals surface area contributed by atoms with Crippen LogP contribution in [-0.2, 0) is 10.0 Å². The van der Waals surface area contributed by atoms with E-state index in [1.165, 1.54) is 23.5 Å². The number of thiazole rings is 1. The molecule has 33 heavy (non-hydrogen) atoms. The zero-order valence-corrected chi connectivity index (χ0v) is 18.9. The van der Waals surface area contributed by atoms with Crippen LogP contribution in [-0.4, -0.2) is 26.4 Å². The number of amides is 1. The molecule has 2 N–H and O–H groups in total. The highest BCUT2D eigenvalue weighted by molar-refractivity contribution is 7.92. The van der Waals surface area contributed by atoms with Crippen LogP contribution in [0.4, 0.5) is 15.2 Å². The lowest BCUT2D eigenvalue weighted by Gasteiger charge is -2.09. The molecule has 4 rings (SSSR count). The minimum Gasteiger partial charge on any atom is -0.497 e. The molecule has 1 heterocycles. The molecule has 0 aliphatic rings. The molecule has 4 aromatic rings. The summed E-state index contributed by atoms with van der Waals surface area (Å²) in [5.41, 5.74) is 2.03. The Morgan fingerprint density at radius 1 is 1.03 bits per heavy atom. The number of sulfonamides is 1. The highest BCUT2D eigenvalue weighted by Gasteiger charge is 2.16. The number of anilines is 2. The molecule has 3 aromatic carbocycles. The quantitative estimate of drug-likeness (QED) is 0.385. The fourth-order valence-corrected chi connectivity index (χ4v) is 4.71. The van der Waals surface area contributed by atoms with E-state index in [2.05, 4.69) is 15.0 Å². The maximum Gasteiger partial charge on any atom is 0.261 e. The smallest absolute Gasteiger partial charge is 0.261 e. The van der Waals surface area contributed by atoms with Crippen LogP contribution >= 0.6 is 11.3 Å². The number of benzene rings is 3. The number of halogens is 1. The van der Waals surface area contributed by atoms with Crippen molar-refractivity contribution in [2.75, 3.05) is 17.1 Å². The van der Waals surface area contributed by atoms with Crippen LogP contribution in [0.1, 0.15) is 10.4 Å². The van der Waals surface area contributed by atoms with E-state index in [9.17, 15) is 17.6 Å². The Hall–Kier alpha value is -3.76. The summed E-state index contributed by atoms with van der Waals surface area (Å²) < 4.78 is 45.7. The number of carbonyl (C=O) groups excluding carboxylic acids is 1. The lowest BCUT2D eigenvalue weighted by atomic mass is 10.2. The molecular weight excluding hydrogens is 465 g/mol. The first kappa shape index (κ1) is 22.4. The third kappa shape index (κ3) is 5.36. The number of nitrogens with one attached hydrogen (secondary N) is 2. The van der Waals surface area contributed by atoms with Gasteiger partial charge in [0, 0.05) is 22.2 Å². The average molecular weight is 484 g/mol. The van der Waals surface area contributed by atoms with E-state index in [1.54, 1.807) is 19.2 Å². The van der Waals surface area contributed by atoms with E-state index in [-0.39, 0.29) is 16.1 Å². The molecule has 0 unspecified atom stereocenters. The topological polar surface area (TPSA) is 97.4 Å². The number of hydrogen-bond acceptors (Lipinski definition) is 6. The maximum atomic E-state index is 13.1. The molecule has 0 aliphatic carbocycles. The van der Waals surface area contributed by atoms with Crippen molar-refractivity contribution in [3.8, 4) is 17.0 Å². The molecule has 0 saturated heterocycles. The summed E-state index contributed by atoms with van der Waals surface area (Å²) in [6.07, 6.45) is 0. The molecule has 1 amide bonds. The van der Waals surface area contributed by atoms with E-state index in [0.29, 0.717) is 10.8 Å². The second kappa shape index (κ2) is 9.39. The molecule has 168 valence electrons. The normalized spacial score (nSPS) is 11.1. The Morgan fingerprint density at radius 3 is 2.45 bits per heavy atom. The van der Waals surface area contributed by atoms with Gasteiger partial charge in [-0.1, -0.05) is 6.07 Å². The third-order valence-corrected chi connectivity index (χ3v) is 6.77. The van der Waals surface area contributed by atoms with Gasteiger partial charge >= 0.3 is 0 Å². The van der Waals surface area contributed by atoms with Crippen LogP contribution in [0.3, 0.4) is 0 Å². The van der Waals surface area contributed by atoms with Crippen LogP contribution < -0.4 is 14.8 Å². The second-order valence-corrected chi connectivity index (χ2v) is 9.40. The first-order chi connectivity index (χ1) is 15.8. The van der Waals surface area contributed by atoms with E-state index in [4.69, 9.17) is 4.74 Å². The molecule has 0 bridgehead atoms. The van der Waals surface area contributed by atoms with Gasteiger partial charge in [0.05, 0.1) is 17.7 Å². The van der Waals surface area contributed by atoms with Crippen LogP contribution in [0.25, 0.3) is 11.3 Å². The van der Waals surface area contributed by atoms with Gasteiger partial charge in [0.25, 0.3) is 15.9 Å². The minimum atomic E-state index is -3.93. The van der Waals surface area contributed by atoms with Crippen molar-refractivity contribution in [1.29, 1.82) is 0 Å². The van der Waals surface area contributed by atoms with Gasteiger partial charge in [-0.05, 0) is 66.7 Å². The summed E-state index contributed by atoms with van der Waals surface area (Å²) in [4.78, 5) is 17.0. The zero-order valence-electron chi connectivity index (χ0n) is 17.3. The van der Waals surface area contributed by atoms with E-state index in [0.717, 1.165) is 35.6 Å². The van der Waals surface area contributed by atoms with Gasteiger partial charge in [-0.2, -0.15) is 0 Å². The van der Waals surface area contributed by atoms with Crippen molar-refractivity contribution in [3.05, 3.63) is 89.6 Å². The van der Waals surface area contributed by atoms with Crippen molar-refractivity contribution in [2.24, 2.45) is 0 Å². The Bertz CT molecular complexity index is 1390. The lowest BCUT2D eigenvalue weighted by molar-refractivity contribution is 0.102. The van der Waals surface area contributed by atoms with E-state index >= 15 is 0 Å². The number of nitrogens with zero attached hydrogens (tertiary/aromatic N) is 1. The Kier molecular flexibility index (Phi) is 6.38. The average Bonchev–Trinajstić information content (AvgIpc) is 3.28. The second-order valence-electron chi connectivity index (χ2n) is 6.86. The molecule has 0 spiro atoms. The molecule has 10 heteroatoms. The fourth-order valence-electron chi connectivity index (χ4n) is 2.95. The summed E-state index contributed by atoms with van der Waals surface area (Å²) in [6, 6.07) is 17.9. The number of aromatic nitrogens is 1. The van der Waals surface area contributed by atoms with Crippen molar-refractivity contribution in [1.82, 2.24) is 4.98 Å². The van der Waals surface area contributed by atoms with Gasteiger partial charge in [-0.25, -0.2) is 17.8 Å². The van der Waals surface area contributed by atoms with Crippen molar-refractivity contribution in [3.63, 3.8) is 0 Å². The molecule has 0 radical (unpaired) electrons. The summed E-state index contributed by atoms with van der Waals surface area (Å²) in [5, 5.41) is 4.95. The summed E-state index contributed by atoms with van der Waals surface area (Å²) >= 11 is 1.27. The van der Waals surface area contributed by atoms with Crippen LogP contribution in [0.2, 0.25) is 0 Å². The van der Waals surface area contributed by atoms with Crippen molar-refractivity contribution < 1.29 is 22.3 Å². The predicted molar refractivity (Wildman–Crippen MR) is 126 cm³/mol. The van der Waals surface area contributed by atoms with E-state index in [1.807, 2.05) is 29.6 Å². The van der Waals surface area contributed by atoms with Crippen LogP contribution in [0.5, 0.6) is 5.75 Å². The summed E-state index contributed by atoms with van der Waals surface area (Å²) in [5.74, 6) is -0.240. The number of methoxy groups -OCH3 is 1. The van der Waals surface area contributed by atoms with Gasteiger partial charge < -0.3 is 4.74 Å². The highest BCUT2D eigenvalue weighted by atomic mass is 32.2. The molecule has 0 aliphatic heterocycles. The molecule has 1 aromatic heterocycles. The standard InChI is InChI=1S/C23H18FN3O4S2/c1-31-19-9-5-15(6-10-19)21-14-32-23(25-21)26-22(28)16-3-2-4-18(13-16)27-33(29,30)20-11-7-17(24)8-12-20/h2-14,27H,1H3,(H,25,26,28). The van der Waals surface area contributed by atoms with Crippen molar-refractivity contribution in [2.45, 2.75) is 4.90 Å². The Balaban J connectivity index is 1.47. The minimum absolute atomic E-state index is 0.0902. The van der Waals surface area contributed by atoms with Crippen LogP contribution in [0, 0.1) is 5.82 Å². The summed E-state index contributed by atoms with van der Waals surface area (Å²) in [6.45, 7) is 0. The first-order valence-corrected chi connectivity index (χ1v) is 12.0. The lowest BCUT2D eigenvalue weighted by Crippen LogP contribution is -2.15. The first-order valence-electron chi connectivity index (χ1n) is 9.64. The number of hydrogen-bond donors (Lipinski definition) is 2. The number of ether oxygens (including phenoxy) is 1. The van der Waals surface area contributed by atoms with Crippen molar-refractivity contribution >= 4 is 38.1 Å². The molecular formula is C23H18FN3O4S2. The fraction of sp³-hybridized carbons (Fsp3) is 0.0435. The predicted octanol–water partition coefficient (Wildman–Crippen LogP) is 5.01. The largest absolute Gasteiger partial charge is 0.497 e. The third-order valence-electron chi connectivity index (χ3n) is 4.61. The Labute approximate surface area is 193 Å². The highest BCUT2D eigenvalue weighted by Crippen LogP contribution is 2.27. The molecule has 0 fully saturated rings. The maximum absolute atomic E-state index is 13.1. The van der Waals surface area contributed by atoms with Gasteiger partial charge in [-0.3, -0.25) is 14.8 Å². The molecule has 7 nitrogen and oxygen atoms in total. The van der Waals surface area contributed by atoms with Gasteiger partial charge in [-0.15, -0.1) is 11.3 Å². The molecule has 0 saturated carbocycles. The zero-order chi connectivity index (χ0) is 23.4. The monoisotopic (exact) mass is 483 g/mol. The Morgan fingerprint density at radius 2 is 1.76 bits per heavy atom. The van der Waals surface area contributed by atoms with Gasteiger partial charge in [0.15, 0.2) is 5.13 Å².